The number of rotatable bonds is 6. The molecule has 1 N–H and O–H groups in total. The van der Waals surface area contributed by atoms with Gasteiger partial charge in [-0.15, -0.1) is 0 Å². The molecule has 0 unspecified atom stereocenters. The zero-order chi connectivity index (χ0) is 22.9. The van der Waals surface area contributed by atoms with Crippen molar-refractivity contribution in [3.05, 3.63) is 48.0 Å². The molecule has 4 rings (SSSR count). The molecular formula is C22H24F2N2O5S. The quantitative estimate of drug-likeness (QED) is 0.642. The van der Waals surface area contributed by atoms with Gasteiger partial charge in [0.2, 0.25) is 0 Å². The number of amides is 1. The molecule has 7 nitrogen and oxygen atoms in total. The zero-order valence-corrected chi connectivity index (χ0v) is 18.2. The van der Waals surface area contributed by atoms with Crippen molar-refractivity contribution in [2.75, 3.05) is 35.2 Å². The van der Waals surface area contributed by atoms with Crippen molar-refractivity contribution in [3.63, 3.8) is 0 Å². The van der Waals surface area contributed by atoms with Crippen molar-refractivity contribution in [3.8, 4) is 11.1 Å². The van der Waals surface area contributed by atoms with Crippen LogP contribution in [0, 0.1) is 11.6 Å². The van der Waals surface area contributed by atoms with Crippen LogP contribution < -0.4 is 9.80 Å². The monoisotopic (exact) mass is 466 g/mol. The van der Waals surface area contributed by atoms with Gasteiger partial charge in [-0.25, -0.2) is 13.6 Å². The smallest absolute Gasteiger partial charge is 0.414 e. The van der Waals surface area contributed by atoms with Gasteiger partial charge in [-0.1, -0.05) is 6.07 Å². The van der Waals surface area contributed by atoms with E-state index >= 15 is 0 Å². The molecule has 0 spiro atoms. The lowest BCUT2D eigenvalue weighted by Crippen LogP contribution is -2.30. The maximum Gasteiger partial charge on any atom is 0.414 e. The first-order valence-corrected chi connectivity index (χ1v) is 12.1. The Kier molecular flexibility index (Phi) is 6.34. The second-order valence-corrected chi connectivity index (χ2v) is 9.64. The molecule has 2 aliphatic heterocycles. The summed E-state index contributed by atoms with van der Waals surface area (Å²) in [7, 11) is -4.17. The minimum atomic E-state index is -4.17. The largest absolute Gasteiger partial charge is 0.444 e. The van der Waals surface area contributed by atoms with Crippen LogP contribution in [0.2, 0.25) is 0 Å². The molecule has 0 aromatic heterocycles. The summed E-state index contributed by atoms with van der Waals surface area (Å²) in [6.07, 6.45) is 1.65. The SMILES string of the molecule is O=C1O[C@H](CCS(=O)(=O)O)CN1c1ccc(-c2ccc(N3CCCCC3)c(F)c2)c(F)c1. The van der Waals surface area contributed by atoms with Crippen LogP contribution in [0.5, 0.6) is 0 Å². The van der Waals surface area contributed by atoms with Gasteiger partial charge in [-0.2, -0.15) is 8.42 Å². The van der Waals surface area contributed by atoms with Gasteiger partial charge in [-0.3, -0.25) is 9.45 Å². The minimum Gasteiger partial charge on any atom is -0.444 e. The molecule has 2 fully saturated rings. The number of anilines is 2. The number of piperidine rings is 1. The highest BCUT2D eigenvalue weighted by molar-refractivity contribution is 7.85. The lowest BCUT2D eigenvalue weighted by atomic mass is 10.0. The molecule has 2 aromatic rings. The number of halogens is 2. The van der Waals surface area contributed by atoms with E-state index < -0.39 is 39.7 Å². The van der Waals surface area contributed by atoms with Gasteiger partial charge in [0.05, 0.1) is 23.7 Å². The molecule has 2 heterocycles. The van der Waals surface area contributed by atoms with Crippen LogP contribution >= 0.6 is 0 Å². The Bertz CT molecular complexity index is 1120. The normalized spacial score (nSPS) is 19.3. The molecule has 0 radical (unpaired) electrons. The number of hydrogen-bond acceptors (Lipinski definition) is 5. The molecule has 10 heteroatoms. The van der Waals surface area contributed by atoms with Gasteiger partial charge in [0.1, 0.15) is 17.7 Å². The van der Waals surface area contributed by atoms with Crippen molar-refractivity contribution in [1.82, 2.24) is 0 Å². The van der Waals surface area contributed by atoms with Gasteiger partial charge < -0.3 is 9.64 Å². The van der Waals surface area contributed by atoms with E-state index in [9.17, 15) is 22.0 Å². The summed E-state index contributed by atoms with van der Waals surface area (Å²) in [5.41, 5.74) is 1.35. The Labute approximate surface area is 185 Å². The van der Waals surface area contributed by atoms with Gasteiger partial charge in [0.25, 0.3) is 10.1 Å². The third-order valence-electron chi connectivity index (χ3n) is 5.79. The summed E-state index contributed by atoms with van der Waals surface area (Å²) in [4.78, 5) is 15.3. The maximum absolute atomic E-state index is 14.9. The van der Waals surface area contributed by atoms with Crippen LogP contribution in [0.1, 0.15) is 25.7 Å². The average Bonchev–Trinajstić information content (AvgIpc) is 3.13. The highest BCUT2D eigenvalue weighted by Crippen LogP contribution is 2.32. The summed E-state index contributed by atoms with van der Waals surface area (Å²) in [5.74, 6) is -1.56. The van der Waals surface area contributed by atoms with Gasteiger partial charge in [0, 0.05) is 25.1 Å². The van der Waals surface area contributed by atoms with E-state index in [0.29, 0.717) is 11.3 Å². The molecule has 1 amide bonds. The fourth-order valence-corrected chi connectivity index (χ4v) is 4.70. The van der Waals surface area contributed by atoms with Crippen LogP contribution in [0.3, 0.4) is 0 Å². The van der Waals surface area contributed by atoms with E-state index in [0.717, 1.165) is 38.4 Å². The van der Waals surface area contributed by atoms with E-state index in [1.807, 2.05) is 4.90 Å². The molecule has 0 aliphatic carbocycles. The van der Waals surface area contributed by atoms with Crippen LogP contribution in [0.25, 0.3) is 11.1 Å². The zero-order valence-electron chi connectivity index (χ0n) is 17.3. The van der Waals surface area contributed by atoms with E-state index in [1.54, 1.807) is 12.1 Å². The second kappa shape index (κ2) is 9.03. The fourth-order valence-electron chi connectivity index (χ4n) is 4.13. The number of benzene rings is 2. The highest BCUT2D eigenvalue weighted by Gasteiger charge is 2.33. The number of hydrogen-bond donors (Lipinski definition) is 1. The highest BCUT2D eigenvalue weighted by atomic mass is 32.2. The number of carbonyl (C=O) groups is 1. The standard InChI is InChI=1S/C22H24F2N2O5S/c23-19-13-16(26-14-17(31-22(26)27)8-11-32(28,29)30)5-6-18(19)15-4-7-21(20(24)12-15)25-9-2-1-3-10-25/h4-7,12-13,17H,1-3,8-11,14H2,(H,28,29,30)/t17-/m1/s1. The minimum absolute atomic E-state index is 0.0340. The van der Waals surface area contributed by atoms with Crippen molar-refractivity contribution in [1.29, 1.82) is 0 Å². The van der Waals surface area contributed by atoms with Crippen molar-refractivity contribution >= 4 is 27.6 Å². The van der Waals surface area contributed by atoms with Crippen LogP contribution in [-0.4, -0.2) is 50.6 Å². The van der Waals surface area contributed by atoms with E-state index in [-0.39, 0.29) is 24.2 Å². The molecular weight excluding hydrogens is 442 g/mol. The van der Waals surface area contributed by atoms with Crippen LogP contribution in [-0.2, 0) is 14.9 Å². The van der Waals surface area contributed by atoms with Gasteiger partial charge in [0.15, 0.2) is 0 Å². The summed E-state index contributed by atoms with van der Waals surface area (Å²) >= 11 is 0. The Morgan fingerprint density at radius 1 is 1.03 bits per heavy atom. The lowest BCUT2D eigenvalue weighted by Gasteiger charge is -2.29. The topological polar surface area (TPSA) is 87.1 Å². The Morgan fingerprint density at radius 2 is 1.78 bits per heavy atom. The molecule has 2 aliphatic rings. The molecule has 2 aromatic carbocycles. The Hall–Kier alpha value is -2.72. The first-order chi connectivity index (χ1) is 15.2. The third kappa shape index (κ3) is 5.02. The second-order valence-electron chi connectivity index (χ2n) is 8.07. The number of carbonyl (C=O) groups excluding carboxylic acids is 1. The van der Waals surface area contributed by atoms with E-state index in [4.69, 9.17) is 9.29 Å². The predicted molar refractivity (Wildman–Crippen MR) is 117 cm³/mol. The molecule has 1 atom stereocenters. The predicted octanol–water partition coefficient (Wildman–Crippen LogP) is 4.23. The van der Waals surface area contributed by atoms with Crippen molar-refractivity contribution in [2.24, 2.45) is 0 Å². The fraction of sp³-hybridized carbons (Fsp3) is 0.409. The molecule has 0 saturated carbocycles. The van der Waals surface area contributed by atoms with Crippen LogP contribution in [0.15, 0.2) is 36.4 Å². The molecule has 2 saturated heterocycles. The third-order valence-corrected chi connectivity index (χ3v) is 6.54. The van der Waals surface area contributed by atoms with Crippen molar-refractivity contribution in [2.45, 2.75) is 31.8 Å². The maximum atomic E-state index is 14.9. The number of ether oxygens (including phenoxy) is 1. The Morgan fingerprint density at radius 3 is 2.44 bits per heavy atom. The van der Waals surface area contributed by atoms with E-state index in [1.165, 1.54) is 23.1 Å². The van der Waals surface area contributed by atoms with E-state index in [2.05, 4.69) is 0 Å². The summed E-state index contributed by atoms with van der Waals surface area (Å²) in [6, 6.07) is 8.83. The number of cyclic esters (lactones) is 1. The summed E-state index contributed by atoms with van der Waals surface area (Å²) in [6.45, 7) is 1.64. The Balaban J connectivity index is 1.50. The van der Waals surface area contributed by atoms with Gasteiger partial charge in [-0.05, 0) is 55.2 Å². The molecule has 32 heavy (non-hydrogen) atoms. The molecule has 172 valence electrons. The first-order valence-electron chi connectivity index (χ1n) is 10.5. The van der Waals surface area contributed by atoms with Crippen LogP contribution in [0.4, 0.5) is 25.0 Å². The lowest BCUT2D eigenvalue weighted by molar-refractivity contribution is 0.139. The van der Waals surface area contributed by atoms with Crippen molar-refractivity contribution < 1.29 is 31.3 Å². The van der Waals surface area contributed by atoms with Gasteiger partial charge >= 0.3 is 6.09 Å². The summed E-state index contributed by atoms with van der Waals surface area (Å²) < 4.78 is 65.4. The number of nitrogens with zero attached hydrogens (tertiary/aromatic N) is 2. The first kappa shape index (κ1) is 22.5. The molecule has 0 bridgehead atoms. The summed E-state index contributed by atoms with van der Waals surface area (Å²) in [5, 5.41) is 0. The average molecular weight is 467 g/mol.